The van der Waals surface area contributed by atoms with E-state index in [2.05, 4.69) is 20.7 Å². The maximum Gasteiger partial charge on any atom is 0.573 e. The maximum absolute atomic E-state index is 12.1. The number of ether oxygens (including phenoxy) is 1. The number of hydrogen-bond acceptors (Lipinski definition) is 3. The van der Waals surface area contributed by atoms with Gasteiger partial charge < -0.3 is 16.2 Å². The van der Waals surface area contributed by atoms with Crippen LogP contribution in [0.15, 0.2) is 22.7 Å². The zero-order valence-electron chi connectivity index (χ0n) is 9.51. The Bertz CT molecular complexity index is 398. The third kappa shape index (κ3) is 5.24. The second-order valence-electron chi connectivity index (χ2n) is 3.81. The molecule has 0 aliphatic heterocycles. The van der Waals surface area contributed by atoms with Gasteiger partial charge in [0.1, 0.15) is 5.75 Å². The summed E-state index contributed by atoms with van der Waals surface area (Å²) in [5, 5.41) is 0. The molecule has 1 rings (SSSR count). The van der Waals surface area contributed by atoms with Gasteiger partial charge in [0.2, 0.25) is 0 Å². The lowest BCUT2D eigenvalue weighted by atomic mass is 10.0. The molecule has 0 fully saturated rings. The standard InChI is InChI=1S/C11H14BrF3N2O/c12-8-4-7(10(17)2-1-3-16)5-9(6-8)18-11(13,14)15/h4-6,10H,1-3,16-17H2/t10-/m0/s1. The zero-order valence-corrected chi connectivity index (χ0v) is 11.1. The summed E-state index contributed by atoms with van der Waals surface area (Å²) in [5.41, 5.74) is 11.8. The molecule has 0 amide bonds. The first-order valence-electron chi connectivity index (χ1n) is 5.33. The number of benzene rings is 1. The van der Waals surface area contributed by atoms with E-state index in [1.807, 2.05) is 0 Å². The summed E-state index contributed by atoms with van der Waals surface area (Å²) in [6.07, 6.45) is -3.39. The smallest absolute Gasteiger partial charge is 0.406 e. The molecule has 3 nitrogen and oxygen atoms in total. The third-order valence-corrected chi connectivity index (χ3v) is 2.73. The summed E-state index contributed by atoms with van der Waals surface area (Å²) >= 11 is 3.13. The van der Waals surface area contributed by atoms with Crippen LogP contribution in [-0.4, -0.2) is 12.9 Å². The Kier molecular flexibility index (Phi) is 5.43. The van der Waals surface area contributed by atoms with Crippen molar-refractivity contribution in [3.8, 4) is 5.75 Å². The molecular formula is C11H14BrF3N2O. The van der Waals surface area contributed by atoms with E-state index in [1.54, 1.807) is 6.07 Å². The van der Waals surface area contributed by atoms with E-state index in [9.17, 15) is 13.2 Å². The van der Waals surface area contributed by atoms with Crippen LogP contribution in [0, 0.1) is 0 Å². The van der Waals surface area contributed by atoms with Gasteiger partial charge in [-0.1, -0.05) is 15.9 Å². The van der Waals surface area contributed by atoms with E-state index in [-0.39, 0.29) is 11.8 Å². The molecule has 1 aromatic rings. The van der Waals surface area contributed by atoms with Gasteiger partial charge in [0.15, 0.2) is 0 Å². The Morgan fingerprint density at radius 2 is 1.94 bits per heavy atom. The fourth-order valence-corrected chi connectivity index (χ4v) is 1.99. The largest absolute Gasteiger partial charge is 0.573 e. The maximum atomic E-state index is 12.1. The molecule has 7 heteroatoms. The van der Waals surface area contributed by atoms with Gasteiger partial charge in [-0.15, -0.1) is 13.2 Å². The van der Waals surface area contributed by atoms with Crippen molar-refractivity contribution in [1.82, 2.24) is 0 Å². The molecule has 0 radical (unpaired) electrons. The van der Waals surface area contributed by atoms with Crippen LogP contribution in [0.3, 0.4) is 0 Å². The summed E-state index contributed by atoms with van der Waals surface area (Å²) < 4.78 is 40.7. The lowest BCUT2D eigenvalue weighted by Gasteiger charge is -2.15. The van der Waals surface area contributed by atoms with Crippen molar-refractivity contribution >= 4 is 15.9 Å². The lowest BCUT2D eigenvalue weighted by Crippen LogP contribution is -2.18. The highest BCUT2D eigenvalue weighted by molar-refractivity contribution is 9.10. The van der Waals surface area contributed by atoms with Gasteiger partial charge in [-0.25, -0.2) is 0 Å². The van der Waals surface area contributed by atoms with Gasteiger partial charge in [-0.3, -0.25) is 0 Å². The van der Waals surface area contributed by atoms with Crippen molar-refractivity contribution in [2.45, 2.75) is 25.2 Å². The van der Waals surface area contributed by atoms with Crippen LogP contribution < -0.4 is 16.2 Å². The molecule has 0 unspecified atom stereocenters. The van der Waals surface area contributed by atoms with Crippen LogP contribution in [0.5, 0.6) is 5.75 Å². The van der Waals surface area contributed by atoms with Gasteiger partial charge in [0, 0.05) is 10.5 Å². The van der Waals surface area contributed by atoms with Gasteiger partial charge in [0.25, 0.3) is 0 Å². The van der Waals surface area contributed by atoms with Crippen molar-refractivity contribution in [2.75, 3.05) is 6.54 Å². The average molecular weight is 327 g/mol. The SMILES string of the molecule is NCCC[C@H](N)c1cc(Br)cc(OC(F)(F)F)c1. The first-order chi connectivity index (χ1) is 8.31. The Morgan fingerprint density at radius 3 is 2.50 bits per heavy atom. The molecule has 18 heavy (non-hydrogen) atoms. The van der Waals surface area contributed by atoms with E-state index < -0.39 is 6.36 Å². The number of rotatable bonds is 5. The van der Waals surface area contributed by atoms with Gasteiger partial charge in [-0.05, 0) is 43.1 Å². The first-order valence-corrected chi connectivity index (χ1v) is 6.13. The van der Waals surface area contributed by atoms with E-state index in [0.717, 1.165) is 0 Å². The molecule has 4 N–H and O–H groups in total. The van der Waals surface area contributed by atoms with Crippen LogP contribution in [0.1, 0.15) is 24.4 Å². The molecule has 0 aliphatic rings. The van der Waals surface area contributed by atoms with E-state index in [0.29, 0.717) is 29.4 Å². The normalized spacial score (nSPS) is 13.4. The number of alkyl halides is 3. The van der Waals surface area contributed by atoms with E-state index in [4.69, 9.17) is 11.5 Å². The van der Waals surface area contributed by atoms with Crippen LogP contribution >= 0.6 is 15.9 Å². The minimum absolute atomic E-state index is 0.282. The molecule has 0 saturated carbocycles. The molecule has 0 saturated heterocycles. The molecule has 102 valence electrons. The Hall–Kier alpha value is -0.790. The van der Waals surface area contributed by atoms with Crippen molar-refractivity contribution in [3.63, 3.8) is 0 Å². The predicted molar refractivity (Wildman–Crippen MR) is 66.0 cm³/mol. The second-order valence-corrected chi connectivity index (χ2v) is 4.72. The Morgan fingerprint density at radius 1 is 1.28 bits per heavy atom. The quantitative estimate of drug-likeness (QED) is 0.874. The summed E-state index contributed by atoms with van der Waals surface area (Å²) in [4.78, 5) is 0. The number of halogens is 4. The lowest BCUT2D eigenvalue weighted by molar-refractivity contribution is -0.274. The molecule has 0 heterocycles. The molecule has 0 bridgehead atoms. The summed E-state index contributed by atoms with van der Waals surface area (Å²) in [5.74, 6) is -0.282. The Labute approximate surface area is 111 Å². The van der Waals surface area contributed by atoms with Crippen molar-refractivity contribution in [2.24, 2.45) is 11.5 Å². The van der Waals surface area contributed by atoms with Gasteiger partial charge >= 0.3 is 6.36 Å². The van der Waals surface area contributed by atoms with Crippen LogP contribution in [0.4, 0.5) is 13.2 Å². The second kappa shape index (κ2) is 6.40. The minimum Gasteiger partial charge on any atom is -0.406 e. The fourth-order valence-electron chi connectivity index (χ4n) is 1.50. The highest BCUT2D eigenvalue weighted by Crippen LogP contribution is 2.29. The fraction of sp³-hybridized carbons (Fsp3) is 0.455. The topological polar surface area (TPSA) is 61.3 Å². The van der Waals surface area contributed by atoms with Crippen LogP contribution in [-0.2, 0) is 0 Å². The van der Waals surface area contributed by atoms with Crippen LogP contribution in [0.2, 0.25) is 0 Å². The van der Waals surface area contributed by atoms with E-state index >= 15 is 0 Å². The molecular weight excluding hydrogens is 313 g/mol. The molecule has 0 aliphatic carbocycles. The number of nitrogens with two attached hydrogens (primary N) is 2. The highest BCUT2D eigenvalue weighted by Gasteiger charge is 2.31. The first kappa shape index (κ1) is 15.3. The summed E-state index contributed by atoms with van der Waals surface area (Å²) in [7, 11) is 0. The molecule has 1 aromatic carbocycles. The molecule has 0 spiro atoms. The molecule has 1 atom stereocenters. The zero-order chi connectivity index (χ0) is 13.8. The van der Waals surface area contributed by atoms with Crippen molar-refractivity contribution in [3.05, 3.63) is 28.2 Å². The average Bonchev–Trinajstić information content (AvgIpc) is 2.22. The van der Waals surface area contributed by atoms with Gasteiger partial charge in [-0.2, -0.15) is 0 Å². The monoisotopic (exact) mass is 326 g/mol. The van der Waals surface area contributed by atoms with E-state index in [1.165, 1.54) is 12.1 Å². The van der Waals surface area contributed by atoms with Crippen molar-refractivity contribution < 1.29 is 17.9 Å². The third-order valence-electron chi connectivity index (χ3n) is 2.27. The molecule has 0 aromatic heterocycles. The Balaban J connectivity index is 2.86. The number of hydrogen-bond donors (Lipinski definition) is 2. The predicted octanol–water partition coefficient (Wildman–Crippen LogP) is 3.09. The summed E-state index contributed by atoms with van der Waals surface area (Å²) in [6, 6.07) is 3.85. The van der Waals surface area contributed by atoms with Crippen molar-refractivity contribution in [1.29, 1.82) is 0 Å². The minimum atomic E-state index is -4.71. The summed E-state index contributed by atoms with van der Waals surface area (Å²) in [6.45, 7) is 0.494. The highest BCUT2D eigenvalue weighted by atomic mass is 79.9. The van der Waals surface area contributed by atoms with Gasteiger partial charge in [0.05, 0.1) is 0 Å². The van der Waals surface area contributed by atoms with Crippen LogP contribution in [0.25, 0.3) is 0 Å².